The first-order chi connectivity index (χ1) is 10.1. The monoisotopic (exact) mass is 288 g/mol. The van der Waals surface area contributed by atoms with Crippen molar-refractivity contribution in [2.24, 2.45) is 11.7 Å². The highest BCUT2D eigenvalue weighted by Crippen LogP contribution is 2.36. The van der Waals surface area contributed by atoms with E-state index in [1.807, 2.05) is 30.3 Å². The number of methoxy groups -OCH3 is 1. The van der Waals surface area contributed by atoms with E-state index in [1.165, 1.54) is 32.8 Å². The third-order valence-corrected chi connectivity index (χ3v) is 4.54. The predicted molar refractivity (Wildman–Crippen MR) is 81.6 cm³/mol. The summed E-state index contributed by atoms with van der Waals surface area (Å²) in [6.07, 6.45) is 5.06. The molecule has 2 fully saturated rings. The van der Waals surface area contributed by atoms with Crippen molar-refractivity contribution in [2.45, 2.75) is 37.3 Å². The Hall–Kier alpha value is -1.39. The lowest BCUT2D eigenvalue weighted by atomic mass is 9.90. The second-order valence-corrected chi connectivity index (χ2v) is 6.43. The molecule has 3 rings (SSSR count). The molecule has 0 aliphatic heterocycles. The minimum Gasteiger partial charge on any atom is -0.467 e. The van der Waals surface area contributed by atoms with Gasteiger partial charge in [-0.15, -0.1) is 0 Å². The van der Waals surface area contributed by atoms with Crippen LogP contribution in [0.1, 0.15) is 31.2 Å². The molecule has 2 aliphatic rings. The van der Waals surface area contributed by atoms with E-state index in [0.29, 0.717) is 12.6 Å². The van der Waals surface area contributed by atoms with Gasteiger partial charge in [-0.25, -0.2) is 4.79 Å². The van der Waals surface area contributed by atoms with Crippen molar-refractivity contribution >= 4 is 5.97 Å². The number of nitrogens with zero attached hydrogens (tertiary/aromatic N) is 1. The third kappa shape index (κ3) is 3.27. The van der Waals surface area contributed by atoms with Gasteiger partial charge in [0, 0.05) is 19.1 Å². The summed E-state index contributed by atoms with van der Waals surface area (Å²) in [5.41, 5.74) is 6.28. The fraction of sp³-hybridized carbons (Fsp3) is 0.588. The number of rotatable bonds is 7. The molecule has 0 bridgehead atoms. The Morgan fingerprint density at radius 3 is 2.48 bits per heavy atom. The van der Waals surface area contributed by atoms with E-state index in [9.17, 15) is 4.79 Å². The molecule has 2 saturated carbocycles. The molecule has 21 heavy (non-hydrogen) atoms. The third-order valence-electron chi connectivity index (χ3n) is 4.54. The lowest BCUT2D eigenvalue weighted by Crippen LogP contribution is -2.54. The van der Waals surface area contributed by atoms with Crippen LogP contribution in [0.5, 0.6) is 0 Å². The van der Waals surface area contributed by atoms with Crippen molar-refractivity contribution in [3.63, 3.8) is 0 Å². The van der Waals surface area contributed by atoms with Crippen molar-refractivity contribution in [1.82, 2.24) is 4.90 Å². The van der Waals surface area contributed by atoms with Gasteiger partial charge in [-0.2, -0.15) is 0 Å². The number of benzene rings is 1. The molecule has 0 radical (unpaired) electrons. The van der Waals surface area contributed by atoms with Gasteiger partial charge in [-0.3, -0.25) is 4.90 Å². The smallest absolute Gasteiger partial charge is 0.331 e. The molecule has 1 unspecified atom stereocenters. The quantitative estimate of drug-likeness (QED) is 0.778. The van der Waals surface area contributed by atoms with Gasteiger partial charge in [0.05, 0.1) is 7.11 Å². The largest absolute Gasteiger partial charge is 0.467 e. The molecule has 1 atom stereocenters. The topological polar surface area (TPSA) is 55.6 Å². The first kappa shape index (κ1) is 14.5. The Morgan fingerprint density at radius 2 is 1.95 bits per heavy atom. The fourth-order valence-corrected chi connectivity index (χ4v) is 2.93. The minimum atomic E-state index is -1.08. The summed E-state index contributed by atoms with van der Waals surface area (Å²) in [7, 11) is 1.41. The van der Waals surface area contributed by atoms with Crippen LogP contribution in [-0.4, -0.2) is 37.1 Å². The zero-order valence-corrected chi connectivity index (χ0v) is 12.6. The summed E-state index contributed by atoms with van der Waals surface area (Å²) in [5.74, 6) is 0.443. The number of nitrogens with two attached hydrogens (primary N) is 1. The van der Waals surface area contributed by atoms with Crippen molar-refractivity contribution in [1.29, 1.82) is 0 Å². The van der Waals surface area contributed by atoms with Crippen LogP contribution in [0.2, 0.25) is 0 Å². The van der Waals surface area contributed by atoms with Crippen LogP contribution in [0.3, 0.4) is 0 Å². The first-order valence-corrected chi connectivity index (χ1v) is 7.80. The van der Waals surface area contributed by atoms with Gasteiger partial charge in [0.1, 0.15) is 0 Å². The number of carbonyl (C=O) groups is 1. The van der Waals surface area contributed by atoms with E-state index in [-0.39, 0.29) is 5.97 Å². The van der Waals surface area contributed by atoms with Gasteiger partial charge >= 0.3 is 5.97 Å². The lowest BCUT2D eigenvalue weighted by molar-refractivity contribution is -0.148. The summed E-state index contributed by atoms with van der Waals surface area (Å²) in [6, 6.07) is 10.2. The molecular weight excluding hydrogens is 264 g/mol. The van der Waals surface area contributed by atoms with Gasteiger partial charge in [-0.1, -0.05) is 30.3 Å². The number of hydrogen-bond donors (Lipinski definition) is 1. The molecule has 4 nitrogen and oxygen atoms in total. The van der Waals surface area contributed by atoms with Gasteiger partial charge in [0.15, 0.2) is 5.54 Å². The normalized spacial score (nSPS) is 21.1. The Bertz CT molecular complexity index is 497. The summed E-state index contributed by atoms with van der Waals surface area (Å²) >= 11 is 0. The zero-order chi connectivity index (χ0) is 14.9. The molecule has 0 aromatic heterocycles. The molecule has 2 aliphatic carbocycles. The zero-order valence-electron chi connectivity index (χ0n) is 12.6. The second-order valence-electron chi connectivity index (χ2n) is 6.43. The molecule has 0 amide bonds. The maximum atomic E-state index is 12.3. The molecule has 0 spiro atoms. The number of esters is 1. The van der Waals surface area contributed by atoms with Crippen LogP contribution in [0.15, 0.2) is 30.3 Å². The van der Waals surface area contributed by atoms with E-state index < -0.39 is 5.54 Å². The summed E-state index contributed by atoms with van der Waals surface area (Å²) in [6.45, 7) is 1.61. The molecular formula is C17H24N2O2. The van der Waals surface area contributed by atoms with Crippen molar-refractivity contribution < 1.29 is 9.53 Å². The Balaban J connectivity index is 1.82. The van der Waals surface area contributed by atoms with E-state index in [0.717, 1.165) is 18.0 Å². The van der Waals surface area contributed by atoms with Crippen LogP contribution in [0.4, 0.5) is 0 Å². The van der Waals surface area contributed by atoms with E-state index >= 15 is 0 Å². The maximum Gasteiger partial charge on any atom is 0.331 e. The van der Waals surface area contributed by atoms with Crippen molar-refractivity contribution in [2.75, 3.05) is 20.2 Å². The molecule has 1 aromatic rings. The van der Waals surface area contributed by atoms with Crippen LogP contribution in [0, 0.1) is 5.92 Å². The average Bonchev–Trinajstić information content (AvgIpc) is 3.39. The highest BCUT2D eigenvalue weighted by Gasteiger charge is 2.43. The van der Waals surface area contributed by atoms with E-state index in [2.05, 4.69) is 4.90 Å². The number of ether oxygens (including phenoxy) is 1. The van der Waals surface area contributed by atoms with Crippen LogP contribution >= 0.6 is 0 Å². The fourth-order valence-electron chi connectivity index (χ4n) is 2.93. The average molecular weight is 288 g/mol. The summed E-state index contributed by atoms with van der Waals surface area (Å²) < 4.78 is 5.00. The first-order valence-electron chi connectivity index (χ1n) is 7.80. The molecule has 4 heteroatoms. The molecule has 1 aromatic carbocycles. The van der Waals surface area contributed by atoms with Gasteiger partial charge in [0.25, 0.3) is 0 Å². The summed E-state index contributed by atoms with van der Waals surface area (Å²) in [5, 5.41) is 0. The van der Waals surface area contributed by atoms with E-state index in [1.54, 1.807) is 0 Å². The van der Waals surface area contributed by atoms with E-state index in [4.69, 9.17) is 10.5 Å². The predicted octanol–water partition coefficient (Wildman–Crippen LogP) is 1.89. The van der Waals surface area contributed by atoms with Gasteiger partial charge in [0.2, 0.25) is 0 Å². The summed E-state index contributed by atoms with van der Waals surface area (Å²) in [4.78, 5) is 14.7. The van der Waals surface area contributed by atoms with Crippen LogP contribution in [0.25, 0.3) is 0 Å². The van der Waals surface area contributed by atoms with Crippen LogP contribution in [-0.2, 0) is 15.1 Å². The van der Waals surface area contributed by atoms with Crippen molar-refractivity contribution in [3.05, 3.63) is 35.9 Å². The second kappa shape index (κ2) is 5.78. The number of carbonyl (C=O) groups excluding carboxylic acids is 1. The molecule has 2 N–H and O–H groups in total. The van der Waals surface area contributed by atoms with Crippen molar-refractivity contribution in [3.8, 4) is 0 Å². The Labute approximate surface area is 126 Å². The standard InChI is InChI=1S/C17H24N2O2/c1-21-16(20)17(18,14-5-3-2-4-6-14)12-19(15-9-10-15)11-13-7-8-13/h2-6,13,15H,7-12,18H2,1H3. The molecule has 114 valence electrons. The number of hydrogen-bond acceptors (Lipinski definition) is 4. The molecule has 0 saturated heterocycles. The lowest BCUT2D eigenvalue weighted by Gasteiger charge is -2.34. The Kier molecular flexibility index (Phi) is 4.00. The SMILES string of the molecule is COC(=O)C(N)(CN(CC1CC1)C1CC1)c1ccccc1. The van der Waals surface area contributed by atoms with Gasteiger partial charge in [-0.05, 0) is 37.2 Å². The highest BCUT2D eigenvalue weighted by atomic mass is 16.5. The highest BCUT2D eigenvalue weighted by molar-refractivity contribution is 5.82. The van der Waals surface area contributed by atoms with Crippen LogP contribution < -0.4 is 5.73 Å². The molecule has 0 heterocycles. The van der Waals surface area contributed by atoms with Gasteiger partial charge < -0.3 is 10.5 Å². The maximum absolute atomic E-state index is 12.3. The Morgan fingerprint density at radius 1 is 1.29 bits per heavy atom. The minimum absolute atomic E-state index is 0.352.